The highest BCUT2D eigenvalue weighted by Gasteiger charge is 2.43. The highest BCUT2D eigenvalue weighted by atomic mass is 16.5. The van der Waals surface area contributed by atoms with Gasteiger partial charge in [0.05, 0.1) is 24.7 Å². The fourth-order valence-corrected chi connectivity index (χ4v) is 1.60. The molecule has 14 heavy (non-hydrogen) atoms. The highest BCUT2D eigenvalue weighted by Crippen LogP contribution is 2.32. The molecule has 0 aliphatic heterocycles. The molecule has 0 heterocycles. The van der Waals surface area contributed by atoms with E-state index >= 15 is 0 Å². The Hall–Kier alpha value is -0.610. The molecule has 1 atom stereocenters. The first kappa shape index (κ1) is 13.4. The third-order valence-corrected chi connectivity index (χ3v) is 2.75. The van der Waals surface area contributed by atoms with Crippen LogP contribution in [-0.2, 0) is 9.53 Å². The van der Waals surface area contributed by atoms with Gasteiger partial charge in [-0.2, -0.15) is 0 Å². The molecular formula is C10H20O4. The first-order valence-electron chi connectivity index (χ1n) is 5.05. The van der Waals surface area contributed by atoms with Crippen molar-refractivity contribution in [2.75, 3.05) is 13.2 Å². The topological polar surface area (TPSA) is 66.8 Å². The molecule has 4 nitrogen and oxygen atoms in total. The van der Waals surface area contributed by atoms with E-state index in [4.69, 9.17) is 9.84 Å². The Morgan fingerprint density at radius 3 is 2.14 bits per heavy atom. The van der Waals surface area contributed by atoms with Crippen LogP contribution < -0.4 is 0 Å². The predicted molar refractivity (Wildman–Crippen MR) is 52.7 cm³/mol. The summed E-state index contributed by atoms with van der Waals surface area (Å²) in [6, 6.07) is 0. The van der Waals surface area contributed by atoms with E-state index in [1.54, 1.807) is 20.8 Å². The van der Waals surface area contributed by atoms with Crippen LogP contribution in [0, 0.1) is 5.41 Å². The molecule has 0 saturated heterocycles. The molecule has 0 aliphatic rings. The van der Waals surface area contributed by atoms with Crippen molar-refractivity contribution >= 4 is 5.97 Å². The van der Waals surface area contributed by atoms with Crippen molar-refractivity contribution in [2.45, 2.75) is 39.7 Å². The second-order valence-corrected chi connectivity index (χ2v) is 3.28. The lowest BCUT2D eigenvalue weighted by molar-refractivity contribution is -0.166. The first-order valence-corrected chi connectivity index (χ1v) is 5.05. The normalized spacial score (nSPS) is 13.8. The van der Waals surface area contributed by atoms with E-state index in [1.165, 1.54) is 0 Å². The fourth-order valence-electron chi connectivity index (χ4n) is 1.60. The van der Waals surface area contributed by atoms with E-state index < -0.39 is 24.1 Å². The minimum atomic E-state index is -1.04. The standard InChI is InChI=1S/C10H20O4/c1-4-10(5-2,8(12)7-11)9(13)14-6-3/h8,11-12H,4-7H2,1-3H3/t8-/m1/s1. The van der Waals surface area contributed by atoms with Crippen molar-refractivity contribution in [1.29, 1.82) is 0 Å². The summed E-state index contributed by atoms with van der Waals surface area (Å²) in [5.41, 5.74) is -0.954. The van der Waals surface area contributed by atoms with Crippen molar-refractivity contribution in [3.8, 4) is 0 Å². The van der Waals surface area contributed by atoms with E-state index in [0.717, 1.165) is 0 Å². The van der Waals surface area contributed by atoms with Gasteiger partial charge in [-0.25, -0.2) is 0 Å². The summed E-state index contributed by atoms with van der Waals surface area (Å²) in [5, 5.41) is 18.5. The van der Waals surface area contributed by atoms with E-state index in [0.29, 0.717) is 19.4 Å². The molecule has 0 aromatic rings. The van der Waals surface area contributed by atoms with E-state index in [-0.39, 0.29) is 0 Å². The Bertz CT molecular complexity index is 175. The summed E-state index contributed by atoms with van der Waals surface area (Å²) in [6.45, 7) is 5.21. The molecule has 0 saturated carbocycles. The van der Waals surface area contributed by atoms with Gasteiger partial charge in [-0.05, 0) is 19.8 Å². The van der Waals surface area contributed by atoms with Crippen molar-refractivity contribution in [1.82, 2.24) is 0 Å². The van der Waals surface area contributed by atoms with Crippen molar-refractivity contribution < 1.29 is 19.7 Å². The fraction of sp³-hybridized carbons (Fsp3) is 0.900. The largest absolute Gasteiger partial charge is 0.465 e. The zero-order chi connectivity index (χ0) is 11.2. The van der Waals surface area contributed by atoms with Crippen LogP contribution in [0.25, 0.3) is 0 Å². The van der Waals surface area contributed by atoms with Crippen LogP contribution in [0.3, 0.4) is 0 Å². The monoisotopic (exact) mass is 204 g/mol. The summed E-state index contributed by atoms with van der Waals surface area (Å²) in [5.74, 6) is -0.424. The highest BCUT2D eigenvalue weighted by molar-refractivity contribution is 5.77. The van der Waals surface area contributed by atoms with Crippen LogP contribution in [0.2, 0.25) is 0 Å². The van der Waals surface area contributed by atoms with Gasteiger partial charge in [-0.1, -0.05) is 13.8 Å². The number of rotatable bonds is 6. The minimum absolute atomic E-state index is 0.290. The molecule has 0 aromatic heterocycles. The summed E-state index contributed by atoms with van der Waals surface area (Å²) < 4.78 is 4.90. The Balaban J connectivity index is 4.76. The van der Waals surface area contributed by atoms with Crippen molar-refractivity contribution in [2.24, 2.45) is 5.41 Å². The quantitative estimate of drug-likeness (QED) is 0.625. The number of ether oxygens (including phenoxy) is 1. The zero-order valence-electron chi connectivity index (χ0n) is 9.12. The number of esters is 1. The molecule has 0 rings (SSSR count). The van der Waals surface area contributed by atoms with E-state index in [9.17, 15) is 9.90 Å². The van der Waals surface area contributed by atoms with Gasteiger partial charge < -0.3 is 14.9 Å². The van der Waals surface area contributed by atoms with E-state index in [1.807, 2.05) is 0 Å². The molecule has 0 radical (unpaired) electrons. The molecule has 2 N–H and O–H groups in total. The molecule has 0 aromatic carbocycles. The summed E-state index contributed by atoms with van der Waals surface area (Å²) in [6.07, 6.45) is -0.120. The number of aliphatic hydroxyl groups is 2. The molecule has 0 spiro atoms. The maximum atomic E-state index is 11.6. The van der Waals surface area contributed by atoms with Gasteiger partial charge in [0.25, 0.3) is 0 Å². The molecule has 84 valence electrons. The number of carbonyl (C=O) groups excluding carboxylic acids is 1. The number of hydrogen-bond acceptors (Lipinski definition) is 4. The molecule has 0 fully saturated rings. The van der Waals surface area contributed by atoms with Gasteiger partial charge in [0, 0.05) is 0 Å². The van der Waals surface area contributed by atoms with Crippen LogP contribution >= 0.6 is 0 Å². The third-order valence-electron chi connectivity index (χ3n) is 2.75. The van der Waals surface area contributed by atoms with Crippen LogP contribution in [0.1, 0.15) is 33.6 Å². The number of carbonyl (C=O) groups is 1. The summed E-state index contributed by atoms with van der Waals surface area (Å²) in [7, 11) is 0. The summed E-state index contributed by atoms with van der Waals surface area (Å²) in [4.78, 5) is 11.6. The molecule has 0 unspecified atom stereocenters. The average molecular weight is 204 g/mol. The second-order valence-electron chi connectivity index (χ2n) is 3.28. The smallest absolute Gasteiger partial charge is 0.314 e. The van der Waals surface area contributed by atoms with Crippen molar-refractivity contribution in [3.05, 3.63) is 0 Å². The molecular weight excluding hydrogens is 184 g/mol. The number of hydrogen-bond donors (Lipinski definition) is 2. The molecule has 0 bridgehead atoms. The van der Waals surface area contributed by atoms with Gasteiger partial charge in [0.1, 0.15) is 0 Å². The lowest BCUT2D eigenvalue weighted by Gasteiger charge is -2.32. The maximum Gasteiger partial charge on any atom is 0.314 e. The summed E-state index contributed by atoms with van der Waals surface area (Å²) >= 11 is 0. The van der Waals surface area contributed by atoms with Gasteiger partial charge >= 0.3 is 5.97 Å². The van der Waals surface area contributed by atoms with Gasteiger partial charge in [-0.3, -0.25) is 4.79 Å². The molecule has 4 heteroatoms. The second kappa shape index (κ2) is 5.98. The Morgan fingerprint density at radius 2 is 1.86 bits per heavy atom. The lowest BCUT2D eigenvalue weighted by atomic mass is 9.77. The third kappa shape index (κ3) is 2.45. The van der Waals surface area contributed by atoms with Gasteiger partial charge in [-0.15, -0.1) is 0 Å². The molecule has 0 amide bonds. The lowest BCUT2D eigenvalue weighted by Crippen LogP contribution is -2.44. The Labute approximate surface area is 84.9 Å². The number of aliphatic hydroxyl groups excluding tert-OH is 2. The maximum absolute atomic E-state index is 11.6. The Morgan fingerprint density at radius 1 is 1.36 bits per heavy atom. The zero-order valence-corrected chi connectivity index (χ0v) is 9.12. The van der Waals surface area contributed by atoms with E-state index in [2.05, 4.69) is 0 Å². The van der Waals surface area contributed by atoms with Crippen molar-refractivity contribution in [3.63, 3.8) is 0 Å². The predicted octanol–water partition coefficient (Wildman–Crippen LogP) is 0.709. The van der Waals surface area contributed by atoms with Crippen LogP contribution in [0.4, 0.5) is 0 Å². The molecule has 0 aliphatic carbocycles. The van der Waals surface area contributed by atoms with Crippen LogP contribution in [0.5, 0.6) is 0 Å². The Kier molecular flexibility index (Phi) is 5.72. The van der Waals surface area contributed by atoms with Gasteiger partial charge in [0.2, 0.25) is 0 Å². The minimum Gasteiger partial charge on any atom is -0.465 e. The van der Waals surface area contributed by atoms with Gasteiger partial charge in [0.15, 0.2) is 0 Å². The van der Waals surface area contributed by atoms with Crippen LogP contribution in [0.15, 0.2) is 0 Å². The average Bonchev–Trinajstić information content (AvgIpc) is 2.20. The first-order chi connectivity index (χ1) is 6.58. The van der Waals surface area contributed by atoms with Crippen LogP contribution in [-0.4, -0.2) is 35.5 Å². The SMILES string of the molecule is CCOC(=O)C(CC)(CC)[C@H](O)CO.